The third-order valence-electron chi connectivity index (χ3n) is 5.48. The maximum atomic E-state index is 14.3. The summed E-state index contributed by atoms with van der Waals surface area (Å²) in [5.74, 6) is -0.716. The highest BCUT2D eigenvalue weighted by Crippen LogP contribution is 2.30. The summed E-state index contributed by atoms with van der Waals surface area (Å²) in [4.78, 5) is 27.7. The second-order valence-corrected chi connectivity index (χ2v) is 7.99. The Morgan fingerprint density at radius 1 is 1.06 bits per heavy atom. The van der Waals surface area contributed by atoms with Crippen molar-refractivity contribution in [2.45, 2.75) is 13.8 Å². The van der Waals surface area contributed by atoms with Gasteiger partial charge in [-0.1, -0.05) is 35.9 Å². The second kappa shape index (κ2) is 10.2. The number of nitrogens with one attached hydrogen (secondary N) is 1. The van der Waals surface area contributed by atoms with Crippen molar-refractivity contribution in [3.63, 3.8) is 0 Å². The predicted octanol–water partition coefficient (Wildman–Crippen LogP) is 5.31. The lowest BCUT2D eigenvalue weighted by Gasteiger charge is -2.17. The first-order valence-electron chi connectivity index (χ1n) is 11.1. The summed E-state index contributed by atoms with van der Waals surface area (Å²) < 4.78 is 21.3. The van der Waals surface area contributed by atoms with Gasteiger partial charge in [0.1, 0.15) is 0 Å². The van der Waals surface area contributed by atoms with Gasteiger partial charge in [0.25, 0.3) is 11.5 Å². The molecule has 0 bridgehead atoms. The van der Waals surface area contributed by atoms with Crippen molar-refractivity contribution in [1.29, 1.82) is 0 Å². The first-order chi connectivity index (χ1) is 16.9. The number of rotatable bonds is 7. The lowest BCUT2D eigenvalue weighted by Crippen LogP contribution is -2.26. The molecule has 1 heterocycles. The van der Waals surface area contributed by atoms with Crippen LogP contribution in [0.5, 0.6) is 11.5 Å². The summed E-state index contributed by atoms with van der Waals surface area (Å²) >= 11 is 0. The highest BCUT2D eigenvalue weighted by Gasteiger charge is 2.18. The van der Waals surface area contributed by atoms with Gasteiger partial charge >= 0.3 is 0 Å². The summed E-state index contributed by atoms with van der Waals surface area (Å²) in [6, 6.07) is 20.0. The molecule has 1 N–H and O–H groups in total. The number of anilines is 2. The highest BCUT2D eigenvalue weighted by atomic mass is 19.1. The maximum Gasteiger partial charge on any atom is 0.299 e. The summed E-state index contributed by atoms with van der Waals surface area (Å²) in [6.45, 7) is 4.39. The molecule has 7 nitrogen and oxygen atoms in total. The van der Waals surface area contributed by atoms with E-state index in [2.05, 4.69) is 10.4 Å². The molecule has 0 radical (unpaired) electrons. The predicted molar refractivity (Wildman–Crippen MR) is 133 cm³/mol. The number of hydrogen-bond donors (Lipinski definition) is 1. The summed E-state index contributed by atoms with van der Waals surface area (Å²) in [6.07, 6.45) is 1.36. The number of hydrogen-bond acceptors (Lipinski definition) is 5. The Hall–Kier alpha value is -4.46. The van der Waals surface area contributed by atoms with Gasteiger partial charge in [-0.2, -0.15) is 9.78 Å². The molecule has 0 aliphatic carbocycles. The number of halogens is 1. The van der Waals surface area contributed by atoms with Gasteiger partial charge in [0, 0.05) is 24.8 Å². The molecule has 4 aromatic rings. The van der Waals surface area contributed by atoms with Crippen LogP contribution in [0.4, 0.5) is 15.8 Å². The zero-order valence-corrected chi connectivity index (χ0v) is 19.7. The zero-order valence-electron chi connectivity index (χ0n) is 19.7. The summed E-state index contributed by atoms with van der Waals surface area (Å²) in [7, 11) is 1.71. The third-order valence-corrected chi connectivity index (χ3v) is 5.48. The van der Waals surface area contributed by atoms with Crippen LogP contribution in [0.25, 0.3) is 5.69 Å². The first kappa shape index (κ1) is 23.7. The van der Waals surface area contributed by atoms with E-state index in [1.54, 1.807) is 60.5 Å². The molecule has 0 saturated heterocycles. The smallest absolute Gasteiger partial charge is 0.299 e. The number of amides is 1. The van der Waals surface area contributed by atoms with Gasteiger partial charge in [-0.25, -0.2) is 4.39 Å². The van der Waals surface area contributed by atoms with Gasteiger partial charge in [-0.15, -0.1) is 0 Å². The van der Waals surface area contributed by atoms with Crippen molar-refractivity contribution in [2.24, 2.45) is 0 Å². The molecule has 0 aliphatic rings. The van der Waals surface area contributed by atoms with Crippen LogP contribution >= 0.6 is 0 Å². The van der Waals surface area contributed by atoms with E-state index in [9.17, 15) is 14.0 Å². The van der Waals surface area contributed by atoms with E-state index in [1.807, 2.05) is 26.0 Å². The molecule has 1 aromatic heterocycles. The number of carbonyl (C=O) groups is 1. The van der Waals surface area contributed by atoms with E-state index in [4.69, 9.17) is 4.74 Å². The fraction of sp³-hybridized carbons (Fsp3) is 0.148. The summed E-state index contributed by atoms with van der Waals surface area (Å²) in [5.41, 5.74) is 2.12. The van der Waals surface area contributed by atoms with Crippen molar-refractivity contribution < 1.29 is 13.9 Å². The Kier molecular flexibility index (Phi) is 6.91. The highest BCUT2D eigenvalue weighted by molar-refractivity contribution is 5.95. The van der Waals surface area contributed by atoms with Crippen molar-refractivity contribution >= 4 is 17.3 Å². The fourth-order valence-corrected chi connectivity index (χ4v) is 3.39. The number of aromatic nitrogens is 2. The second-order valence-electron chi connectivity index (χ2n) is 7.99. The van der Waals surface area contributed by atoms with Gasteiger partial charge in [0.2, 0.25) is 0 Å². The molecule has 0 aliphatic heterocycles. The van der Waals surface area contributed by atoms with Gasteiger partial charge < -0.3 is 15.0 Å². The molecule has 35 heavy (non-hydrogen) atoms. The molecular weight excluding hydrogens is 447 g/mol. The van der Waals surface area contributed by atoms with Gasteiger partial charge in [0.15, 0.2) is 23.0 Å². The van der Waals surface area contributed by atoms with E-state index in [-0.39, 0.29) is 23.1 Å². The van der Waals surface area contributed by atoms with Gasteiger partial charge in [0.05, 0.1) is 11.9 Å². The average Bonchev–Trinajstić information content (AvgIpc) is 2.87. The monoisotopic (exact) mass is 472 g/mol. The van der Waals surface area contributed by atoms with Crippen LogP contribution in [0.15, 0.2) is 83.8 Å². The molecular formula is C27H25FN4O3. The quantitative estimate of drug-likeness (QED) is 0.395. The molecule has 0 saturated carbocycles. The Bertz CT molecular complexity index is 1420. The molecule has 3 aromatic carbocycles. The number of aryl methyl sites for hydroxylation is 1. The normalized spacial score (nSPS) is 10.6. The van der Waals surface area contributed by atoms with Crippen LogP contribution in [0.2, 0.25) is 0 Å². The maximum absolute atomic E-state index is 14.3. The summed E-state index contributed by atoms with van der Waals surface area (Å²) in [5, 5.41) is 7.30. The van der Waals surface area contributed by atoms with E-state index < -0.39 is 11.4 Å². The van der Waals surface area contributed by atoms with Crippen LogP contribution in [0.3, 0.4) is 0 Å². The van der Waals surface area contributed by atoms with Gasteiger partial charge in [-0.05, 0) is 56.3 Å². The lowest BCUT2D eigenvalue weighted by atomic mass is 10.1. The fourth-order valence-electron chi connectivity index (χ4n) is 3.39. The van der Waals surface area contributed by atoms with Crippen molar-refractivity contribution in [3.8, 4) is 17.2 Å². The number of nitrogens with zero attached hydrogens (tertiary/aromatic N) is 3. The number of ether oxygens (including phenoxy) is 1. The largest absolute Gasteiger partial charge is 0.450 e. The van der Waals surface area contributed by atoms with Crippen molar-refractivity contribution in [1.82, 2.24) is 14.7 Å². The van der Waals surface area contributed by atoms with Crippen molar-refractivity contribution in [3.05, 3.63) is 106 Å². The Labute approximate surface area is 202 Å². The van der Waals surface area contributed by atoms with Crippen LogP contribution in [-0.2, 0) is 0 Å². The average molecular weight is 473 g/mol. The molecule has 0 unspecified atom stereocenters. The SMILES string of the molecule is CCN(C)C(=O)c1cccc(Nc2c(Oc3ccccc3F)cnn(-c3ccc(C)cc3)c2=O)c1. The van der Waals surface area contributed by atoms with E-state index in [1.165, 1.54) is 23.0 Å². The molecule has 8 heteroatoms. The van der Waals surface area contributed by atoms with Crippen LogP contribution in [0.1, 0.15) is 22.8 Å². The zero-order chi connectivity index (χ0) is 24.9. The van der Waals surface area contributed by atoms with Crippen LogP contribution in [-0.4, -0.2) is 34.2 Å². The number of carbonyl (C=O) groups excluding carboxylic acids is 1. The van der Waals surface area contributed by atoms with Crippen molar-refractivity contribution in [2.75, 3.05) is 18.9 Å². The Balaban J connectivity index is 1.79. The molecule has 0 fully saturated rings. The Morgan fingerprint density at radius 3 is 2.51 bits per heavy atom. The molecule has 178 valence electrons. The van der Waals surface area contributed by atoms with E-state index in [0.29, 0.717) is 23.5 Å². The molecule has 4 rings (SSSR count). The standard InChI is InChI=1S/C27H25FN4O3/c1-4-31(3)26(33)19-8-7-9-20(16-19)30-25-24(35-23-11-6-5-10-22(23)28)17-29-32(27(25)34)21-14-12-18(2)13-15-21/h5-17,30H,4H2,1-3H3. The van der Waals surface area contributed by atoms with Gasteiger partial charge in [-0.3, -0.25) is 9.59 Å². The first-order valence-corrected chi connectivity index (χ1v) is 11.1. The minimum Gasteiger partial charge on any atom is -0.450 e. The van der Waals surface area contributed by atoms with Crippen LogP contribution in [0, 0.1) is 12.7 Å². The minimum absolute atomic E-state index is 0.0432. The third kappa shape index (κ3) is 5.22. The lowest BCUT2D eigenvalue weighted by molar-refractivity contribution is 0.0802. The number of para-hydroxylation sites is 1. The van der Waals surface area contributed by atoms with Crippen LogP contribution < -0.4 is 15.6 Å². The molecule has 0 spiro atoms. The van der Waals surface area contributed by atoms with E-state index in [0.717, 1.165) is 5.56 Å². The van der Waals surface area contributed by atoms with E-state index >= 15 is 0 Å². The topological polar surface area (TPSA) is 76.5 Å². The molecule has 0 atom stereocenters. The Morgan fingerprint density at radius 2 is 1.80 bits per heavy atom. The number of benzene rings is 3. The minimum atomic E-state index is -0.573. The molecule has 1 amide bonds.